The topological polar surface area (TPSA) is 66.9 Å². The Labute approximate surface area is 137 Å². The molecule has 0 aliphatic carbocycles. The molecular formula is C18H24N4O. The van der Waals surface area contributed by atoms with Gasteiger partial charge in [-0.15, -0.1) is 0 Å². The number of carbonyl (C=O) groups excluding carboxylic acids is 1. The van der Waals surface area contributed by atoms with Crippen molar-refractivity contribution in [2.45, 2.75) is 46.1 Å². The van der Waals surface area contributed by atoms with Gasteiger partial charge in [-0.2, -0.15) is 0 Å². The van der Waals surface area contributed by atoms with Crippen LogP contribution < -0.4 is 10.6 Å². The zero-order chi connectivity index (χ0) is 17.0. The van der Waals surface area contributed by atoms with Crippen LogP contribution in [0.4, 0.5) is 11.6 Å². The van der Waals surface area contributed by atoms with Crippen molar-refractivity contribution in [3.8, 4) is 0 Å². The second-order valence-corrected chi connectivity index (χ2v) is 6.87. The van der Waals surface area contributed by atoms with Crippen molar-refractivity contribution in [1.29, 1.82) is 0 Å². The Morgan fingerprint density at radius 1 is 1.09 bits per heavy atom. The van der Waals surface area contributed by atoms with E-state index in [1.54, 1.807) is 12.3 Å². The minimum Gasteiger partial charge on any atom is -0.346 e. The summed E-state index contributed by atoms with van der Waals surface area (Å²) in [5, 5.41) is 6.02. The summed E-state index contributed by atoms with van der Waals surface area (Å²) < 4.78 is 0. The van der Waals surface area contributed by atoms with Crippen LogP contribution in [-0.2, 0) is 0 Å². The Morgan fingerprint density at radius 2 is 1.74 bits per heavy atom. The largest absolute Gasteiger partial charge is 0.346 e. The molecule has 0 saturated carbocycles. The molecule has 2 aromatic rings. The van der Waals surface area contributed by atoms with E-state index >= 15 is 0 Å². The lowest BCUT2D eigenvalue weighted by molar-refractivity contribution is 0.0914. The van der Waals surface area contributed by atoms with Crippen LogP contribution in [0.25, 0.3) is 0 Å². The summed E-state index contributed by atoms with van der Waals surface area (Å²) in [5.41, 5.74) is 2.20. The van der Waals surface area contributed by atoms with E-state index in [0.29, 0.717) is 17.6 Å². The average molecular weight is 312 g/mol. The van der Waals surface area contributed by atoms with Gasteiger partial charge in [0.15, 0.2) is 0 Å². The van der Waals surface area contributed by atoms with Crippen molar-refractivity contribution in [3.63, 3.8) is 0 Å². The average Bonchev–Trinajstić information content (AvgIpc) is 2.46. The molecule has 5 nitrogen and oxygen atoms in total. The maximum absolute atomic E-state index is 12.2. The van der Waals surface area contributed by atoms with E-state index in [0.717, 1.165) is 5.69 Å². The summed E-state index contributed by atoms with van der Waals surface area (Å²) in [6.07, 6.45) is 1.58. The van der Waals surface area contributed by atoms with Crippen molar-refractivity contribution >= 4 is 17.5 Å². The molecule has 0 spiro atoms. The first kappa shape index (κ1) is 16.9. The molecule has 1 amide bonds. The molecule has 2 rings (SSSR count). The summed E-state index contributed by atoms with van der Waals surface area (Å²) in [6, 6.07) is 9.72. The highest BCUT2D eigenvalue weighted by atomic mass is 16.2. The van der Waals surface area contributed by atoms with E-state index in [9.17, 15) is 4.79 Å². The lowest BCUT2D eigenvalue weighted by Crippen LogP contribution is -2.41. The molecule has 1 aromatic carbocycles. The van der Waals surface area contributed by atoms with E-state index in [2.05, 4.69) is 46.6 Å². The molecule has 2 N–H and O–H groups in total. The number of benzene rings is 1. The highest BCUT2D eigenvalue weighted by Crippen LogP contribution is 2.19. The minimum atomic E-state index is -0.303. The predicted octanol–water partition coefficient (Wildman–Crippen LogP) is 3.87. The Bertz CT molecular complexity index is 672. The molecule has 0 saturated heterocycles. The van der Waals surface area contributed by atoms with Crippen molar-refractivity contribution in [2.24, 2.45) is 0 Å². The molecule has 0 atom stereocenters. The standard InChI is InChI=1S/C18H24N4O/c1-12(2)13-6-8-14(9-7-13)20-17-19-11-10-15(21-17)16(23)22-18(3,4)5/h6-12H,1-5H3,(H,22,23)(H,19,20,21). The second-order valence-electron chi connectivity index (χ2n) is 6.87. The molecule has 0 aliphatic rings. The third kappa shape index (κ3) is 5.06. The molecule has 0 unspecified atom stereocenters. The van der Waals surface area contributed by atoms with Crippen LogP contribution in [0.5, 0.6) is 0 Å². The first-order valence-corrected chi connectivity index (χ1v) is 7.77. The summed E-state index contributed by atoms with van der Waals surface area (Å²) in [7, 11) is 0. The van der Waals surface area contributed by atoms with Crippen LogP contribution in [0.15, 0.2) is 36.5 Å². The Hall–Kier alpha value is -2.43. The van der Waals surface area contributed by atoms with E-state index in [1.807, 2.05) is 32.9 Å². The molecule has 0 fully saturated rings. The van der Waals surface area contributed by atoms with Crippen molar-refractivity contribution < 1.29 is 4.79 Å². The van der Waals surface area contributed by atoms with E-state index in [-0.39, 0.29) is 11.4 Å². The monoisotopic (exact) mass is 312 g/mol. The van der Waals surface area contributed by atoms with Gasteiger partial charge in [0.2, 0.25) is 5.95 Å². The van der Waals surface area contributed by atoms with Crippen LogP contribution in [0.3, 0.4) is 0 Å². The number of rotatable bonds is 4. The van der Waals surface area contributed by atoms with Gasteiger partial charge in [-0.05, 0) is 50.5 Å². The van der Waals surface area contributed by atoms with Gasteiger partial charge in [-0.1, -0.05) is 26.0 Å². The van der Waals surface area contributed by atoms with Gasteiger partial charge in [-0.25, -0.2) is 9.97 Å². The van der Waals surface area contributed by atoms with Gasteiger partial charge in [0.05, 0.1) is 0 Å². The van der Waals surface area contributed by atoms with E-state index in [4.69, 9.17) is 0 Å². The Balaban J connectivity index is 2.12. The number of amides is 1. The fraction of sp³-hybridized carbons (Fsp3) is 0.389. The number of nitrogens with zero attached hydrogens (tertiary/aromatic N) is 2. The summed E-state index contributed by atoms with van der Waals surface area (Å²) >= 11 is 0. The normalized spacial score (nSPS) is 11.4. The third-order valence-electron chi connectivity index (χ3n) is 3.21. The number of carbonyl (C=O) groups is 1. The van der Waals surface area contributed by atoms with Crippen LogP contribution in [0.2, 0.25) is 0 Å². The van der Waals surface area contributed by atoms with Gasteiger partial charge < -0.3 is 10.6 Å². The second kappa shape index (κ2) is 6.77. The van der Waals surface area contributed by atoms with Crippen molar-refractivity contribution in [3.05, 3.63) is 47.8 Å². The lowest BCUT2D eigenvalue weighted by atomic mass is 10.0. The number of hydrogen-bond acceptors (Lipinski definition) is 4. The molecule has 5 heteroatoms. The Morgan fingerprint density at radius 3 is 2.30 bits per heavy atom. The predicted molar refractivity (Wildman–Crippen MR) is 93.1 cm³/mol. The maximum atomic E-state index is 12.2. The number of hydrogen-bond donors (Lipinski definition) is 2. The molecule has 1 heterocycles. The fourth-order valence-corrected chi connectivity index (χ4v) is 2.03. The molecule has 0 bridgehead atoms. The zero-order valence-corrected chi connectivity index (χ0v) is 14.3. The molecule has 0 radical (unpaired) electrons. The quantitative estimate of drug-likeness (QED) is 0.899. The van der Waals surface area contributed by atoms with Crippen molar-refractivity contribution in [1.82, 2.24) is 15.3 Å². The molecule has 0 aliphatic heterocycles. The zero-order valence-electron chi connectivity index (χ0n) is 14.3. The van der Waals surface area contributed by atoms with Gasteiger partial charge in [0.25, 0.3) is 5.91 Å². The number of aromatic nitrogens is 2. The fourth-order valence-electron chi connectivity index (χ4n) is 2.03. The van der Waals surface area contributed by atoms with Crippen LogP contribution in [0, 0.1) is 0 Å². The molecule has 122 valence electrons. The van der Waals surface area contributed by atoms with Gasteiger partial charge in [0, 0.05) is 17.4 Å². The number of anilines is 2. The molecule has 23 heavy (non-hydrogen) atoms. The number of nitrogens with one attached hydrogen (secondary N) is 2. The van der Waals surface area contributed by atoms with Gasteiger partial charge >= 0.3 is 0 Å². The van der Waals surface area contributed by atoms with Crippen LogP contribution >= 0.6 is 0 Å². The van der Waals surface area contributed by atoms with Crippen LogP contribution in [-0.4, -0.2) is 21.4 Å². The molecule has 1 aromatic heterocycles. The Kier molecular flexibility index (Phi) is 4.98. The summed E-state index contributed by atoms with van der Waals surface area (Å²) in [6.45, 7) is 10.1. The van der Waals surface area contributed by atoms with Crippen molar-refractivity contribution in [2.75, 3.05) is 5.32 Å². The first-order valence-electron chi connectivity index (χ1n) is 7.77. The third-order valence-corrected chi connectivity index (χ3v) is 3.21. The summed E-state index contributed by atoms with van der Waals surface area (Å²) in [5.74, 6) is 0.687. The van der Waals surface area contributed by atoms with E-state index in [1.165, 1.54) is 5.56 Å². The lowest BCUT2D eigenvalue weighted by Gasteiger charge is -2.20. The van der Waals surface area contributed by atoms with E-state index < -0.39 is 0 Å². The van der Waals surface area contributed by atoms with Gasteiger partial charge in [0.1, 0.15) is 5.69 Å². The molecular weight excluding hydrogens is 288 g/mol. The summed E-state index contributed by atoms with van der Waals surface area (Å²) in [4.78, 5) is 20.6. The van der Waals surface area contributed by atoms with Gasteiger partial charge in [-0.3, -0.25) is 4.79 Å². The maximum Gasteiger partial charge on any atom is 0.270 e. The highest BCUT2D eigenvalue weighted by Gasteiger charge is 2.16. The first-order chi connectivity index (χ1) is 10.7. The highest BCUT2D eigenvalue weighted by molar-refractivity contribution is 5.92. The smallest absolute Gasteiger partial charge is 0.270 e. The minimum absolute atomic E-state index is 0.210. The SMILES string of the molecule is CC(C)c1ccc(Nc2nccc(C(=O)NC(C)(C)C)n2)cc1. The van der Waals surface area contributed by atoms with Crippen LogP contribution in [0.1, 0.15) is 56.6 Å².